The lowest BCUT2D eigenvalue weighted by atomic mass is 10.1. The van der Waals surface area contributed by atoms with Crippen molar-refractivity contribution in [2.45, 2.75) is 25.6 Å². The number of alkyl halides is 1. The maximum Gasteiger partial charge on any atom is 0.224 e. The SMILES string of the molecule is CC1(C)CN(S(=O)(=O)CBr)CC(CO)O1. The Morgan fingerprint density at radius 3 is 2.67 bits per heavy atom. The molecule has 0 radical (unpaired) electrons. The van der Waals surface area contributed by atoms with Gasteiger partial charge in [-0.25, -0.2) is 8.42 Å². The summed E-state index contributed by atoms with van der Waals surface area (Å²) in [5, 5.41) is 9.02. The molecule has 1 N–H and O–H groups in total. The zero-order chi connectivity index (χ0) is 11.7. The van der Waals surface area contributed by atoms with Crippen LogP contribution in [-0.2, 0) is 14.8 Å². The van der Waals surface area contributed by atoms with Gasteiger partial charge in [0.05, 0.1) is 18.3 Å². The van der Waals surface area contributed by atoms with Crippen LogP contribution in [0.1, 0.15) is 13.8 Å². The predicted octanol–water partition coefficient (Wildman–Crippen LogP) is 0.140. The third kappa shape index (κ3) is 3.39. The molecule has 1 atom stereocenters. The molecule has 0 bridgehead atoms. The van der Waals surface area contributed by atoms with E-state index >= 15 is 0 Å². The Morgan fingerprint density at radius 1 is 1.60 bits per heavy atom. The molecule has 90 valence electrons. The van der Waals surface area contributed by atoms with Crippen LogP contribution in [0.25, 0.3) is 0 Å². The van der Waals surface area contributed by atoms with Gasteiger partial charge in [0, 0.05) is 13.1 Å². The first-order valence-electron chi connectivity index (χ1n) is 4.63. The first-order chi connectivity index (χ1) is 6.80. The first-order valence-corrected chi connectivity index (χ1v) is 7.36. The molecule has 15 heavy (non-hydrogen) atoms. The van der Waals surface area contributed by atoms with Crippen molar-refractivity contribution < 1.29 is 18.3 Å². The fourth-order valence-corrected chi connectivity index (χ4v) is 3.53. The summed E-state index contributed by atoms with van der Waals surface area (Å²) in [4.78, 5) is 0. The van der Waals surface area contributed by atoms with E-state index in [9.17, 15) is 8.42 Å². The van der Waals surface area contributed by atoms with Crippen LogP contribution in [0.5, 0.6) is 0 Å². The van der Waals surface area contributed by atoms with E-state index in [1.165, 1.54) is 4.31 Å². The molecule has 1 aliphatic rings. The highest BCUT2D eigenvalue weighted by Gasteiger charge is 2.37. The number of rotatable bonds is 3. The van der Waals surface area contributed by atoms with E-state index in [1.807, 2.05) is 13.8 Å². The Balaban J connectivity index is 2.84. The number of nitrogens with zero attached hydrogens (tertiary/aromatic N) is 1. The quantitative estimate of drug-likeness (QED) is 0.753. The van der Waals surface area contributed by atoms with Crippen LogP contribution < -0.4 is 0 Å². The fourth-order valence-electron chi connectivity index (χ4n) is 1.62. The van der Waals surface area contributed by atoms with Crippen LogP contribution in [0.3, 0.4) is 0 Å². The predicted molar refractivity (Wildman–Crippen MR) is 60.3 cm³/mol. The van der Waals surface area contributed by atoms with Gasteiger partial charge in [0.15, 0.2) is 0 Å². The van der Waals surface area contributed by atoms with E-state index < -0.39 is 21.7 Å². The third-order valence-electron chi connectivity index (χ3n) is 2.19. The molecule has 0 amide bonds. The van der Waals surface area contributed by atoms with E-state index in [1.54, 1.807) is 0 Å². The summed E-state index contributed by atoms with van der Waals surface area (Å²) < 4.78 is 30.1. The number of hydrogen-bond acceptors (Lipinski definition) is 4. The summed E-state index contributed by atoms with van der Waals surface area (Å²) in [6.07, 6.45) is -0.442. The van der Waals surface area contributed by atoms with Gasteiger partial charge in [-0.2, -0.15) is 4.31 Å². The van der Waals surface area contributed by atoms with Gasteiger partial charge < -0.3 is 9.84 Å². The zero-order valence-electron chi connectivity index (χ0n) is 8.81. The van der Waals surface area contributed by atoms with Crippen molar-refractivity contribution in [3.8, 4) is 0 Å². The minimum absolute atomic E-state index is 0.103. The fraction of sp³-hybridized carbons (Fsp3) is 1.00. The molecule has 1 saturated heterocycles. The van der Waals surface area contributed by atoms with Gasteiger partial charge >= 0.3 is 0 Å². The third-order valence-corrected chi connectivity index (χ3v) is 5.26. The molecule has 0 aromatic rings. The van der Waals surface area contributed by atoms with Gasteiger partial charge in [-0.3, -0.25) is 0 Å². The van der Waals surface area contributed by atoms with Gasteiger partial charge in [-0.1, -0.05) is 15.9 Å². The Labute approximate surface area is 98.6 Å². The molecule has 1 unspecified atom stereocenters. The zero-order valence-corrected chi connectivity index (χ0v) is 11.2. The van der Waals surface area contributed by atoms with Gasteiger partial charge in [0.25, 0.3) is 0 Å². The minimum atomic E-state index is -3.28. The standard InChI is InChI=1S/C8H16BrNO4S/c1-8(2)5-10(15(12,13)6-9)3-7(4-11)14-8/h7,11H,3-6H2,1-2H3. The molecular weight excluding hydrogens is 286 g/mol. The largest absolute Gasteiger partial charge is 0.394 e. The molecule has 1 aliphatic heterocycles. The summed E-state index contributed by atoms with van der Waals surface area (Å²) in [7, 11) is -3.28. The molecule has 0 spiro atoms. The number of aliphatic hydroxyl groups is 1. The topological polar surface area (TPSA) is 66.8 Å². The highest BCUT2D eigenvalue weighted by Crippen LogP contribution is 2.23. The second-order valence-electron chi connectivity index (χ2n) is 4.20. The molecule has 1 heterocycles. The number of ether oxygens (including phenoxy) is 1. The summed E-state index contributed by atoms with van der Waals surface area (Å²) in [6.45, 7) is 3.99. The highest BCUT2D eigenvalue weighted by molar-refractivity contribution is 9.10. The van der Waals surface area contributed by atoms with Crippen LogP contribution in [0.4, 0.5) is 0 Å². The van der Waals surface area contributed by atoms with Crippen molar-refractivity contribution in [1.29, 1.82) is 0 Å². The van der Waals surface area contributed by atoms with E-state index in [0.29, 0.717) is 6.54 Å². The second kappa shape index (κ2) is 4.67. The molecule has 0 aromatic heterocycles. The Bertz CT molecular complexity index is 317. The lowest BCUT2D eigenvalue weighted by molar-refractivity contribution is -0.131. The molecule has 1 fully saturated rings. The van der Waals surface area contributed by atoms with Crippen LogP contribution in [0, 0.1) is 0 Å². The van der Waals surface area contributed by atoms with Crippen molar-refractivity contribution in [3.63, 3.8) is 0 Å². The van der Waals surface area contributed by atoms with Gasteiger partial charge in [0.2, 0.25) is 10.0 Å². The molecule has 0 saturated carbocycles. The number of morpholine rings is 1. The monoisotopic (exact) mass is 301 g/mol. The van der Waals surface area contributed by atoms with Crippen molar-refractivity contribution in [2.75, 3.05) is 24.4 Å². The van der Waals surface area contributed by atoms with Gasteiger partial charge in [-0.15, -0.1) is 0 Å². The van der Waals surface area contributed by atoms with Crippen LogP contribution in [0.2, 0.25) is 0 Å². The molecule has 5 nitrogen and oxygen atoms in total. The van der Waals surface area contributed by atoms with Crippen molar-refractivity contribution >= 4 is 26.0 Å². The van der Waals surface area contributed by atoms with Crippen LogP contribution in [0.15, 0.2) is 0 Å². The second-order valence-corrected chi connectivity index (χ2v) is 7.47. The van der Waals surface area contributed by atoms with Crippen LogP contribution in [-0.4, -0.2) is 53.9 Å². The van der Waals surface area contributed by atoms with Crippen molar-refractivity contribution in [2.24, 2.45) is 0 Å². The highest BCUT2D eigenvalue weighted by atomic mass is 79.9. The Morgan fingerprint density at radius 2 is 2.20 bits per heavy atom. The maximum absolute atomic E-state index is 11.6. The van der Waals surface area contributed by atoms with Gasteiger partial charge in [-0.05, 0) is 13.8 Å². The molecule has 7 heteroatoms. The van der Waals surface area contributed by atoms with Crippen LogP contribution >= 0.6 is 15.9 Å². The normalized spacial score (nSPS) is 27.9. The average molecular weight is 302 g/mol. The summed E-state index contributed by atoms with van der Waals surface area (Å²) in [6, 6.07) is 0. The van der Waals surface area contributed by atoms with E-state index in [0.717, 1.165) is 0 Å². The summed E-state index contributed by atoms with van der Waals surface area (Å²) >= 11 is 2.95. The van der Waals surface area contributed by atoms with Crippen molar-refractivity contribution in [3.05, 3.63) is 0 Å². The molecular formula is C8H16BrNO4S. The maximum atomic E-state index is 11.6. The number of aliphatic hydroxyl groups excluding tert-OH is 1. The lowest BCUT2D eigenvalue weighted by Crippen LogP contribution is -2.55. The van der Waals surface area contributed by atoms with E-state index in [-0.39, 0.29) is 17.8 Å². The molecule has 1 rings (SSSR count). The average Bonchev–Trinajstić information content (AvgIpc) is 2.15. The first kappa shape index (κ1) is 13.4. The van der Waals surface area contributed by atoms with Gasteiger partial charge in [0.1, 0.15) is 4.66 Å². The smallest absolute Gasteiger partial charge is 0.224 e. The summed E-state index contributed by atoms with van der Waals surface area (Å²) in [5.41, 5.74) is -0.555. The Kier molecular flexibility index (Phi) is 4.16. The summed E-state index contributed by atoms with van der Waals surface area (Å²) in [5.74, 6) is 0. The minimum Gasteiger partial charge on any atom is -0.394 e. The number of hydrogen-bond donors (Lipinski definition) is 1. The molecule has 0 aliphatic carbocycles. The van der Waals surface area contributed by atoms with Crippen molar-refractivity contribution in [1.82, 2.24) is 4.31 Å². The lowest BCUT2D eigenvalue weighted by Gasteiger charge is -2.41. The molecule has 0 aromatic carbocycles. The van der Waals surface area contributed by atoms with E-state index in [2.05, 4.69) is 15.9 Å². The number of sulfonamides is 1. The van der Waals surface area contributed by atoms with E-state index in [4.69, 9.17) is 9.84 Å². The number of halogens is 1. The Hall–Kier alpha value is 0.310.